The fourth-order valence-electron chi connectivity index (χ4n) is 2.53. The fourth-order valence-corrected chi connectivity index (χ4v) is 2.53. The van der Waals surface area contributed by atoms with E-state index in [0.29, 0.717) is 13.1 Å². The Morgan fingerprint density at radius 3 is 2.67 bits per heavy atom. The minimum atomic E-state index is 0. The van der Waals surface area contributed by atoms with E-state index in [0.717, 1.165) is 23.9 Å². The molecule has 0 saturated heterocycles. The lowest BCUT2D eigenvalue weighted by atomic mass is 9.89. The van der Waals surface area contributed by atoms with Crippen LogP contribution in [0.2, 0.25) is 0 Å². The molecule has 7 nitrogen and oxygen atoms in total. The largest absolute Gasteiger partial charge is 0.379 e. The molecule has 0 saturated carbocycles. The van der Waals surface area contributed by atoms with E-state index < -0.39 is 0 Å². The van der Waals surface area contributed by atoms with Gasteiger partial charge in [0.2, 0.25) is 0 Å². The zero-order chi connectivity index (χ0) is 19.0. The third-order valence-corrected chi connectivity index (χ3v) is 4.02. The lowest BCUT2D eigenvalue weighted by Gasteiger charge is -2.30. The SMILES string of the molecule is CCNC(=NCc1ccnc(-n2cccn2)c1)NCC(OC)C(C)(C)C.I. The van der Waals surface area contributed by atoms with Gasteiger partial charge in [0.25, 0.3) is 0 Å². The summed E-state index contributed by atoms with van der Waals surface area (Å²) in [6, 6.07) is 5.83. The Morgan fingerprint density at radius 2 is 2.07 bits per heavy atom. The maximum Gasteiger partial charge on any atom is 0.191 e. The normalized spacial score (nSPS) is 13.0. The molecule has 0 fully saturated rings. The van der Waals surface area contributed by atoms with Crippen LogP contribution in [0.1, 0.15) is 33.3 Å². The molecule has 2 aromatic rings. The minimum Gasteiger partial charge on any atom is -0.379 e. The number of aliphatic imine (C=N–C) groups is 1. The molecule has 0 aliphatic carbocycles. The van der Waals surface area contributed by atoms with Gasteiger partial charge in [0, 0.05) is 38.8 Å². The maximum absolute atomic E-state index is 5.60. The van der Waals surface area contributed by atoms with Crippen molar-refractivity contribution in [1.82, 2.24) is 25.4 Å². The van der Waals surface area contributed by atoms with Gasteiger partial charge in [-0.05, 0) is 36.1 Å². The molecule has 0 bridgehead atoms. The molecule has 2 rings (SSSR count). The maximum atomic E-state index is 5.60. The lowest BCUT2D eigenvalue weighted by molar-refractivity contribution is 0.0205. The van der Waals surface area contributed by atoms with Crippen molar-refractivity contribution in [3.63, 3.8) is 0 Å². The average Bonchev–Trinajstić information content (AvgIpc) is 3.14. The molecule has 2 N–H and O–H groups in total. The molecule has 150 valence electrons. The Hall–Kier alpha value is -1.68. The zero-order valence-corrected chi connectivity index (χ0v) is 19.1. The van der Waals surface area contributed by atoms with E-state index in [-0.39, 0.29) is 35.5 Å². The number of methoxy groups -OCH3 is 1. The molecule has 0 aromatic carbocycles. The van der Waals surface area contributed by atoms with Crippen LogP contribution in [0.25, 0.3) is 5.82 Å². The summed E-state index contributed by atoms with van der Waals surface area (Å²) in [6.45, 7) is 10.6. The van der Waals surface area contributed by atoms with Crippen molar-refractivity contribution in [2.24, 2.45) is 10.4 Å². The Bertz CT molecular complexity index is 696. The first-order valence-electron chi connectivity index (χ1n) is 8.94. The second kappa shape index (κ2) is 11.2. The second-order valence-electron chi connectivity index (χ2n) is 7.14. The first kappa shape index (κ1) is 23.4. The smallest absolute Gasteiger partial charge is 0.191 e. The van der Waals surface area contributed by atoms with Crippen molar-refractivity contribution >= 4 is 29.9 Å². The summed E-state index contributed by atoms with van der Waals surface area (Å²) in [5.74, 6) is 1.56. The van der Waals surface area contributed by atoms with Crippen LogP contribution in [0.5, 0.6) is 0 Å². The topological polar surface area (TPSA) is 76.4 Å². The van der Waals surface area contributed by atoms with Crippen LogP contribution in [0, 0.1) is 5.41 Å². The highest BCUT2D eigenvalue weighted by molar-refractivity contribution is 14.0. The number of ether oxygens (including phenoxy) is 1. The van der Waals surface area contributed by atoms with Crippen LogP contribution < -0.4 is 10.6 Å². The summed E-state index contributed by atoms with van der Waals surface area (Å²) in [7, 11) is 1.75. The predicted molar refractivity (Wildman–Crippen MR) is 120 cm³/mol. The van der Waals surface area contributed by atoms with E-state index in [2.05, 4.69) is 53.4 Å². The standard InChI is InChI=1S/C19H30N6O.HI/c1-6-20-18(23-14-16(26-5)19(2,3)4)22-13-15-8-10-21-17(12-15)25-11-7-9-24-25;/h7-12,16H,6,13-14H2,1-5H3,(H2,20,22,23);1H. The molecule has 1 atom stereocenters. The zero-order valence-electron chi connectivity index (χ0n) is 16.8. The van der Waals surface area contributed by atoms with Crippen molar-refractivity contribution in [2.45, 2.75) is 40.3 Å². The number of pyridine rings is 1. The van der Waals surface area contributed by atoms with E-state index in [4.69, 9.17) is 4.74 Å². The van der Waals surface area contributed by atoms with Gasteiger partial charge < -0.3 is 15.4 Å². The molecule has 0 amide bonds. The van der Waals surface area contributed by atoms with E-state index >= 15 is 0 Å². The monoisotopic (exact) mass is 486 g/mol. The van der Waals surface area contributed by atoms with Crippen molar-refractivity contribution in [3.05, 3.63) is 42.4 Å². The van der Waals surface area contributed by atoms with Gasteiger partial charge in [-0.2, -0.15) is 5.10 Å². The molecule has 0 radical (unpaired) electrons. The summed E-state index contributed by atoms with van der Waals surface area (Å²) >= 11 is 0. The van der Waals surface area contributed by atoms with Crippen LogP contribution in [0.4, 0.5) is 0 Å². The van der Waals surface area contributed by atoms with Crippen molar-refractivity contribution in [1.29, 1.82) is 0 Å². The number of halogens is 1. The van der Waals surface area contributed by atoms with Crippen LogP contribution >= 0.6 is 24.0 Å². The van der Waals surface area contributed by atoms with Gasteiger partial charge in [0.15, 0.2) is 11.8 Å². The quantitative estimate of drug-likeness (QED) is 0.358. The van der Waals surface area contributed by atoms with E-state index in [1.165, 1.54) is 0 Å². The van der Waals surface area contributed by atoms with Crippen LogP contribution in [0.15, 0.2) is 41.8 Å². The third kappa shape index (κ3) is 7.45. The van der Waals surface area contributed by atoms with Gasteiger partial charge in [-0.3, -0.25) is 0 Å². The molecule has 1 unspecified atom stereocenters. The predicted octanol–water partition coefficient (Wildman–Crippen LogP) is 3.00. The average molecular weight is 486 g/mol. The highest BCUT2D eigenvalue weighted by Crippen LogP contribution is 2.20. The van der Waals surface area contributed by atoms with Gasteiger partial charge in [0.05, 0.1) is 12.6 Å². The summed E-state index contributed by atoms with van der Waals surface area (Å²) in [4.78, 5) is 9.02. The fraction of sp³-hybridized carbons (Fsp3) is 0.526. The second-order valence-corrected chi connectivity index (χ2v) is 7.14. The van der Waals surface area contributed by atoms with Crippen LogP contribution in [-0.2, 0) is 11.3 Å². The Labute approximate surface area is 179 Å². The van der Waals surface area contributed by atoms with Crippen LogP contribution in [-0.4, -0.2) is 47.0 Å². The van der Waals surface area contributed by atoms with Crippen molar-refractivity contribution in [3.8, 4) is 5.82 Å². The molecule has 2 aromatic heterocycles. The molecule has 0 spiro atoms. The lowest BCUT2D eigenvalue weighted by Crippen LogP contribution is -2.45. The van der Waals surface area contributed by atoms with Crippen molar-refractivity contribution in [2.75, 3.05) is 20.2 Å². The molecule has 27 heavy (non-hydrogen) atoms. The molecule has 0 aliphatic heterocycles. The number of aromatic nitrogens is 3. The summed E-state index contributed by atoms with van der Waals surface area (Å²) in [6.07, 6.45) is 5.49. The van der Waals surface area contributed by atoms with Crippen molar-refractivity contribution < 1.29 is 4.74 Å². The third-order valence-electron chi connectivity index (χ3n) is 4.02. The Morgan fingerprint density at radius 1 is 1.30 bits per heavy atom. The summed E-state index contributed by atoms with van der Waals surface area (Å²) < 4.78 is 7.34. The van der Waals surface area contributed by atoms with Gasteiger partial charge >= 0.3 is 0 Å². The molecule has 2 heterocycles. The first-order chi connectivity index (χ1) is 12.4. The first-order valence-corrected chi connectivity index (χ1v) is 8.94. The molecule has 8 heteroatoms. The number of nitrogens with one attached hydrogen (secondary N) is 2. The molecular formula is C19H31IN6O. The molecular weight excluding hydrogens is 455 g/mol. The number of hydrogen-bond acceptors (Lipinski definition) is 4. The summed E-state index contributed by atoms with van der Waals surface area (Å²) in [5.41, 5.74) is 1.13. The van der Waals surface area contributed by atoms with Gasteiger partial charge in [0.1, 0.15) is 0 Å². The van der Waals surface area contributed by atoms with Crippen LogP contribution in [0.3, 0.4) is 0 Å². The number of nitrogens with zero attached hydrogens (tertiary/aromatic N) is 4. The van der Waals surface area contributed by atoms with E-state index in [9.17, 15) is 0 Å². The molecule has 0 aliphatic rings. The number of hydrogen-bond donors (Lipinski definition) is 2. The van der Waals surface area contributed by atoms with E-state index in [1.807, 2.05) is 24.4 Å². The highest BCUT2D eigenvalue weighted by atomic mass is 127. The van der Waals surface area contributed by atoms with E-state index in [1.54, 1.807) is 24.2 Å². The number of rotatable bonds is 7. The van der Waals surface area contributed by atoms with Gasteiger partial charge in [-0.25, -0.2) is 14.7 Å². The summed E-state index contributed by atoms with van der Waals surface area (Å²) in [5, 5.41) is 10.9. The Kier molecular flexibility index (Phi) is 9.71. The number of guanidine groups is 1. The van der Waals surface area contributed by atoms with Gasteiger partial charge in [-0.1, -0.05) is 20.8 Å². The highest BCUT2D eigenvalue weighted by Gasteiger charge is 2.24. The van der Waals surface area contributed by atoms with Gasteiger partial charge in [-0.15, -0.1) is 24.0 Å². The Balaban J connectivity index is 0.00000364. The minimum absolute atomic E-state index is 0.